The largest absolute Gasteiger partial charge is 0.492 e. The molecule has 1 aliphatic heterocycles. The van der Waals surface area contributed by atoms with Gasteiger partial charge in [0.25, 0.3) is 11.9 Å². The molecular formula is C20H33N3O7. The third-order valence-corrected chi connectivity index (χ3v) is 3.77. The van der Waals surface area contributed by atoms with E-state index in [1.807, 2.05) is 31.3 Å². The number of hydrogen-bond donors (Lipinski definition) is 4. The van der Waals surface area contributed by atoms with Crippen molar-refractivity contribution in [1.29, 1.82) is 0 Å². The number of carboxylic acids is 2. The third kappa shape index (κ3) is 13.5. The van der Waals surface area contributed by atoms with Gasteiger partial charge in [-0.3, -0.25) is 14.4 Å². The lowest BCUT2D eigenvalue weighted by Gasteiger charge is -2.18. The number of rotatable bonds is 7. The summed E-state index contributed by atoms with van der Waals surface area (Å²) in [5.41, 5.74) is 6.35. The van der Waals surface area contributed by atoms with Crippen molar-refractivity contribution in [3.8, 4) is 5.75 Å². The van der Waals surface area contributed by atoms with E-state index in [1.165, 1.54) is 0 Å². The predicted molar refractivity (Wildman–Crippen MR) is 112 cm³/mol. The maximum Gasteiger partial charge on any atom is 0.300 e. The lowest BCUT2D eigenvalue weighted by Crippen LogP contribution is -2.44. The van der Waals surface area contributed by atoms with E-state index in [2.05, 4.69) is 10.2 Å². The number of nitrogens with zero attached hydrogens (tertiary/aromatic N) is 1. The maximum atomic E-state index is 12.2. The number of nitrogens with one attached hydrogen (secondary N) is 1. The fourth-order valence-corrected chi connectivity index (χ4v) is 2.66. The fourth-order valence-electron chi connectivity index (χ4n) is 2.66. The average Bonchev–Trinajstić information content (AvgIpc) is 2.99. The smallest absolute Gasteiger partial charge is 0.300 e. The normalized spacial score (nSPS) is 17.6. The molecule has 5 N–H and O–H groups in total. The molecule has 2 rings (SSSR count). The Morgan fingerprint density at radius 1 is 1.13 bits per heavy atom. The van der Waals surface area contributed by atoms with Crippen LogP contribution < -0.4 is 15.8 Å². The first-order valence-electron chi connectivity index (χ1n) is 9.40. The van der Waals surface area contributed by atoms with Gasteiger partial charge in [-0.15, -0.1) is 0 Å². The van der Waals surface area contributed by atoms with Gasteiger partial charge in [-0.05, 0) is 24.7 Å². The Morgan fingerprint density at radius 2 is 1.67 bits per heavy atom. The van der Waals surface area contributed by atoms with Crippen LogP contribution in [-0.4, -0.2) is 85.5 Å². The molecule has 0 saturated carbocycles. The minimum atomic E-state index is -0.833. The van der Waals surface area contributed by atoms with E-state index in [-0.39, 0.29) is 18.1 Å². The highest BCUT2D eigenvalue weighted by molar-refractivity contribution is 5.79. The molecule has 170 valence electrons. The molecule has 1 aliphatic rings. The number of hydrogen-bond acceptors (Lipinski definition) is 7. The van der Waals surface area contributed by atoms with Gasteiger partial charge in [0.2, 0.25) is 5.91 Å². The first kappa shape index (κ1) is 27.3. The summed E-state index contributed by atoms with van der Waals surface area (Å²) in [6.07, 6.45) is 0.411. The average molecular weight is 427 g/mol. The highest BCUT2D eigenvalue weighted by atomic mass is 16.5. The van der Waals surface area contributed by atoms with Crippen LogP contribution in [0.4, 0.5) is 0 Å². The van der Waals surface area contributed by atoms with Crippen molar-refractivity contribution in [2.24, 2.45) is 5.73 Å². The Kier molecular flexibility index (Phi) is 13.8. The molecule has 1 aromatic carbocycles. The molecule has 0 unspecified atom stereocenters. The van der Waals surface area contributed by atoms with Crippen LogP contribution in [0.25, 0.3) is 0 Å². The Morgan fingerprint density at radius 3 is 2.13 bits per heavy atom. The number of methoxy groups -OCH3 is 1. The first-order valence-corrected chi connectivity index (χ1v) is 9.40. The summed E-state index contributed by atoms with van der Waals surface area (Å²) in [6, 6.07) is 7.58. The van der Waals surface area contributed by atoms with Crippen LogP contribution in [-0.2, 0) is 25.5 Å². The number of likely N-dealkylation sites (tertiary alicyclic amines) is 1. The summed E-state index contributed by atoms with van der Waals surface area (Å²) in [4.78, 5) is 32.3. The number of carboxylic acid groups (broad SMARTS) is 2. The van der Waals surface area contributed by atoms with Crippen LogP contribution in [0, 0.1) is 0 Å². The van der Waals surface area contributed by atoms with Crippen molar-refractivity contribution >= 4 is 17.8 Å². The number of carbonyl (C=O) groups is 3. The number of benzene rings is 1. The quantitative estimate of drug-likeness (QED) is 0.478. The molecule has 1 aromatic rings. The van der Waals surface area contributed by atoms with E-state index >= 15 is 0 Å². The molecule has 2 atom stereocenters. The molecule has 1 amide bonds. The minimum Gasteiger partial charge on any atom is -0.492 e. The SMILES string of the molecule is CC(=O)O.CC(=O)O.CO[C@H]1CN(C)C[C@@H]1NC(=O)Cc1ccc(OCCN)cc1. The minimum absolute atomic E-state index is 0.0120. The van der Waals surface area contributed by atoms with Crippen LogP contribution in [0.5, 0.6) is 5.75 Å². The van der Waals surface area contributed by atoms with Gasteiger partial charge >= 0.3 is 0 Å². The maximum absolute atomic E-state index is 12.2. The summed E-state index contributed by atoms with van der Waals surface area (Å²) in [5, 5.41) is 17.9. The van der Waals surface area contributed by atoms with Crippen molar-refractivity contribution in [3.63, 3.8) is 0 Å². The van der Waals surface area contributed by atoms with E-state index in [1.54, 1.807) is 7.11 Å². The Bertz CT molecular complexity index is 632. The van der Waals surface area contributed by atoms with Crippen molar-refractivity contribution in [1.82, 2.24) is 10.2 Å². The molecule has 30 heavy (non-hydrogen) atoms. The Hall–Kier alpha value is -2.69. The van der Waals surface area contributed by atoms with E-state index in [4.69, 9.17) is 35.0 Å². The highest BCUT2D eigenvalue weighted by Gasteiger charge is 2.31. The van der Waals surface area contributed by atoms with Gasteiger partial charge in [-0.25, -0.2) is 0 Å². The van der Waals surface area contributed by atoms with Gasteiger partial charge < -0.3 is 35.6 Å². The number of amides is 1. The van der Waals surface area contributed by atoms with Crippen molar-refractivity contribution in [3.05, 3.63) is 29.8 Å². The van der Waals surface area contributed by atoms with E-state index in [9.17, 15) is 4.79 Å². The molecule has 0 spiro atoms. The Balaban J connectivity index is 0.000000901. The highest BCUT2D eigenvalue weighted by Crippen LogP contribution is 2.14. The molecule has 1 saturated heterocycles. The van der Waals surface area contributed by atoms with E-state index in [0.717, 1.165) is 38.2 Å². The van der Waals surface area contributed by atoms with Crippen LogP contribution >= 0.6 is 0 Å². The van der Waals surface area contributed by atoms with Crippen molar-refractivity contribution < 1.29 is 34.1 Å². The predicted octanol–water partition coefficient (Wildman–Crippen LogP) is 0.194. The number of likely N-dealkylation sites (N-methyl/N-ethyl adjacent to an activating group) is 1. The zero-order chi connectivity index (χ0) is 23.1. The number of carbonyl (C=O) groups excluding carboxylic acids is 1. The number of nitrogens with two attached hydrogens (primary N) is 1. The second-order valence-electron chi connectivity index (χ2n) is 6.67. The molecule has 0 bridgehead atoms. The molecular weight excluding hydrogens is 394 g/mol. The first-order chi connectivity index (χ1) is 14.1. The summed E-state index contributed by atoms with van der Waals surface area (Å²) in [6.45, 7) is 4.80. The topological polar surface area (TPSA) is 151 Å². The second kappa shape index (κ2) is 15.2. The lowest BCUT2D eigenvalue weighted by molar-refractivity contribution is -0.135. The van der Waals surface area contributed by atoms with Gasteiger partial charge in [-0.2, -0.15) is 0 Å². The fraction of sp³-hybridized carbons (Fsp3) is 0.550. The van der Waals surface area contributed by atoms with Gasteiger partial charge in [-0.1, -0.05) is 12.1 Å². The molecule has 10 nitrogen and oxygen atoms in total. The van der Waals surface area contributed by atoms with Gasteiger partial charge in [0, 0.05) is 40.6 Å². The van der Waals surface area contributed by atoms with Crippen molar-refractivity contribution in [2.45, 2.75) is 32.4 Å². The van der Waals surface area contributed by atoms with Crippen LogP contribution in [0.3, 0.4) is 0 Å². The zero-order valence-electron chi connectivity index (χ0n) is 18.0. The van der Waals surface area contributed by atoms with Gasteiger partial charge in [0.1, 0.15) is 12.4 Å². The number of aliphatic carboxylic acids is 2. The molecule has 10 heteroatoms. The van der Waals surface area contributed by atoms with Crippen LogP contribution in [0.2, 0.25) is 0 Å². The van der Waals surface area contributed by atoms with Gasteiger partial charge in [0.05, 0.1) is 18.6 Å². The standard InChI is InChI=1S/C16H25N3O3.2C2H4O2/c1-19-10-14(15(11-19)21-2)18-16(20)9-12-3-5-13(6-4-12)22-8-7-17;2*1-2(3)4/h3-6,14-15H,7-11,17H2,1-2H3,(H,18,20);2*1H3,(H,3,4)/t14-,15-;;/m0../s1. The third-order valence-electron chi connectivity index (χ3n) is 3.77. The lowest BCUT2D eigenvalue weighted by atomic mass is 10.1. The van der Waals surface area contributed by atoms with Crippen LogP contribution in [0.15, 0.2) is 24.3 Å². The molecule has 0 radical (unpaired) electrons. The summed E-state index contributed by atoms with van der Waals surface area (Å²) >= 11 is 0. The second-order valence-corrected chi connectivity index (χ2v) is 6.67. The summed E-state index contributed by atoms with van der Waals surface area (Å²) in [7, 11) is 3.71. The van der Waals surface area contributed by atoms with Gasteiger partial charge in [0.15, 0.2) is 0 Å². The summed E-state index contributed by atoms with van der Waals surface area (Å²) in [5.74, 6) is -0.885. The van der Waals surface area contributed by atoms with Crippen molar-refractivity contribution in [2.75, 3.05) is 40.4 Å². The molecule has 0 aliphatic carbocycles. The van der Waals surface area contributed by atoms with Crippen LogP contribution in [0.1, 0.15) is 19.4 Å². The summed E-state index contributed by atoms with van der Waals surface area (Å²) < 4.78 is 10.8. The Labute approximate surface area is 176 Å². The van der Waals surface area contributed by atoms with E-state index in [0.29, 0.717) is 19.6 Å². The monoisotopic (exact) mass is 427 g/mol. The molecule has 1 fully saturated rings. The molecule has 1 heterocycles. The molecule has 0 aromatic heterocycles. The zero-order valence-corrected chi connectivity index (χ0v) is 18.0. The van der Waals surface area contributed by atoms with E-state index < -0.39 is 11.9 Å². The number of ether oxygens (including phenoxy) is 2.